The van der Waals surface area contributed by atoms with Gasteiger partial charge < -0.3 is 14.8 Å². The second kappa shape index (κ2) is 7.79. The Bertz CT molecular complexity index is 644. The maximum Gasteiger partial charge on any atom is 0.243 e. The fourth-order valence-corrected chi connectivity index (χ4v) is 2.35. The van der Waals surface area contributed by atoms with Crippen molar-refractivity contribution in [2.24, 2.45) is 0 Å². The highest BCUT2D eigenvalue weighted by Gasteiger charge is 2.11. The SMILES string of the molecule is C=CCn1nnnc1NCc1cc(OC)c(OCC)cc1Br. The fourth-order valence-electron chi connectivity index (χ4n) is 1.89. The quantitative estimate of drug-likeness (QED) is 0.723. The summed E-state index contributed by atoms with van der Waals surface area (Å²) in [6.07, 6.45) is 1.73. The highest BCUT2D eigenvalue weighted by molar-refractivity contribution is 9.10. The van der Waals surface area contributed by atoms with Gasteiger partial charge in [0.2, 0.25) is 5.95 Å². The lowest BCUT2D eigenvalue weighted by molar-refractivity contribution is 0.310. The molecule has 7 nitrogen and oxygen atoms in total. The van der Waals surface area contributed by atoms with E-state index in [-0.39, 0.29) is 0 Å². The molecule has 0 atom stereocenters. The van der Waals surface area contributed by atoms with E-state index in [9.17, 15) is 0 Å². The van der Waals surface area contributed by atoms with Crippen molar-refractivity contribution >= 4 is 21.9 Å². The highest BCUT2D eigenvalue weighted by atomic mass is 79.9. The van der Waals surface area contributed by atoms with E-state index in [0.29, 0.717) is 37.1 Å². The zero-order valence-corrected chi connectivity index (χ0v) is 14.1. The first-order chi connectivity index (χ1) is 10.7. The van der Waals surface area contributed by atoms with Gasteiger partial charge in [0.1, 0.15) is 0 Å². The standard InChI is InChI=1S/C14H18BrN5O2/c1-4-6-20-14(17-18-19-20)16-9-10-7-12(21-3)13(22-5-2)8-11(10)15/h4,7-8H,1,5-6,9H2,2-3H3,(H,16,17,19). The number of allylic oxidation sites excluding steroid dienone is 1. The largest absolute Gasteiger partial charge is 0.493 e. The molecule has 0 saturated heterocycles. The maximum absolute atomic E-state index is 5.54. The Balaban J connectivity index is 2.15. The van der Waals surface area contributed by atoms with E-state index in [0.717, 1.165) is 10.0 Å². The van der Waals surface area contributed by atoms with E-state index < -0.39 is 0 Å². The van der Waals surface area contributed by atoms with Crippen LogP contribution >= 0.6 is 15.9 Å². The molecule has 0 fully saturated rings. The Labute approximate surface area is 137 Å². The topological polar surface area (TPSA) is 74.1 Å². The molecule has 118 valence electrons. The van der Waals surface area contributed by atoms with Gasteiger partial charge in [0.15, 0.2) is 11.5 Å². The van der Waals surface area contributed by atoms with Crippen LogP contribution in [0.3, 0.4) is 0 Å². The van der Waals surface area contributed by atoms with Gasteiger partial charge in [0.25, 0.3) is 0 Å². The number of hydrogen-bond acceptors (Lipinski definition) is 6. The highest BCUT2D eigenvalue weighted by Crippen LogP contribution is 2.33. The molecule has 1 aromatic carbocycles. The summed E-state index contributed by atoms with van der Waals surface area (Å²) in [7, 11) is 1.62. The number of rotatable bonds is 8. The summed E-state index contributed by atoms with van der Waals surface area (Å²) in [5.74, 6) is 1.98. The first-order valence-corrected chi connectivity index (χ1v) is 7.59. The molecule has 8 heteroatoms. The maximum atomic E-state index is 5.54. The summed E-state index contributed by atoms with van der Waals surface area (Å²) in [5, 5.41) is 14.7. The van der Waals surface area contributed by atoms with E-state index in [2.05, 4.69) is 43.4 Å². The van der Waals surface area contributed by atoms with Gasteiger partial charge in [0.05, 0.1) is 20.3 Å². The number of nitrogens with zero attached hydrogens (tertiary/aromatic N) is 4. The van der Waals surface area contributed by atoms with Crippen LogP contribution in [0, 0.1) is 0 Å². The monoisotopic (exact) mass is 367 g/mol. The van der Waals surface area contributed by atoms with Crippen LogP contribution in [0.4, 0.5) is 5.95 Å². The van der Waals surface area contributed by atoms with Crippen molar-refractivity contribution in [1.82, 2.24) is 20.2 Å². The third-order valence-corrected chi connectivity index (χ3v) is 3.64. The van der Waals surface area contributed by atoms with Crippen LogP contribution in [-0.4, -0.2) is 33.9 Å². The summed E-state index contributed by atoms with van der Waals surface area (Å²) in [6, 6.07) is 3.82. The molecule has 1 heterocycles. The van der Waals surface area contributed by atoms with Gasteiger partial charge in [-0.3, -0.25) is 0 Å². The molecule has 0 unspecified atom stereocenters. The molecule has 22 heavy (non-hydrogen) atoms. The number of ether oxygens (including phenoxy) is 2. The second-order valence-corrected chi connectivity index (χ2v) is 5.21. The van der Waals surface area contributed by atoms with Crippen LogP contribution in [0.1, 0.15) is 12.5 Å². The predicted octanol–water partition coefficient (Wildman–Crippen LogP) is 2.64. The van der Waals surface area contributed by atoms with Crippen molar-refractivity contribution in [2.75, 3.05) is 19.0 Å². The zero-order chi connectivity index (χ0) is 15.9. The number of anilines is 1. The van der Waals surface area contributed by atoms with Gasteiger partial charge in [-0.05, 0) is 35.0 Å². The van der Waals surface area contributed by atoms with E-state index in [1.165, 1.54) is 0 Å². The lowest BCUT2D eigenvalue weighted by Gasteiger charge is -2.13. The lowest BCUT2D eigenvalue weighted by Crippen LogP contribution is -2.09. The molecule has 1 aromatic heterocycles. The van der Waals surface area contributed by atoms with E-state index >= 15 is 0 Å². The smallest absolute Gasteiger partial charge is 0.243 e. The van der Waals surface area contributed by atoms with Crippen LogP contribution in [-0.2, 0) is 13.1 Å². The van der Waals surface area contributed by atoms with Crippen molar-refractivity contribution in [1.29, 1.82) is 0 Å². The zero-order valence-electron chi connectivity index (χ0n) is 12.5. The summed E-state index contributed by atoms with van der Waals surface area (Å²) in [6.45, 7) is 7.28. The van der Waals surface area contributed by atoms with Crippen molar-refractivity contribution in [2.45, 2.75) is 20.0 Å². The average Bonchev–Trinajstić information content (AvgIpc) is 2.94. The molecule has 0 aliphatic heterocycles. The van der Waals surface area contributed by atoms with E-state index in [1.54, 1.807) is 17.9 Å². The number of halogens is 1. The first kappa shape index (κ1) is 16.3. The van der Waals surface area contributed by atoms with Gasteiger partial charge in [-0.15, -0.1) is 6.58 Å². The lowest BCUT2D eigenvalue weighted by atomic mass is 10.2. The van der Waals surface area contributed by atoms with Crippen LogP contribution in [0.25, 0.3) is 0 Å². The minimum absolute atomic E-state index is 0.543. The van der Waals surface area contributed by atoms with Gasteiger partial charge >= 0.3 is 0 Å². The Morgan fingerprint density at radius 2 is 2.23 bits per heavy atom. The Morgan fingerprint density at radius 3 is 2.91 bits per heavy atom. The molecule has 0 saturated carbocycles. The van der Waals surface area contributed by atoms with E-state index in [1.807, 2.05) is 19.1 Å². The number of aromatic nitrogens is 4. The van der Waals surface area contributed by atoms with Crippen LogP contribution in [0.15, 0.2) is 29.3 Å². The van der Waals surface area contributed by atoms with Gasteiger partial charge in [-0.25, -0.2) is 4.68 Å². The fraction of sp³-hybridized carbons (Fsp3) is 0.357. The van der Waals surface area contributed by atoms with Crippen molar-refractivity contribution in [3.8, 4) is 11.5 Å². The third-order valence-electron chi connectivity index (χ3n) is 2.90. The summed E-state index contributed by atoms with van der Waals surface area (Å²) in [4.78, 5) is 0. The van der Waals surface area contributed by atoms with Crippen LogP contribution < -0.4 is 14.8 Å². The predicted molar refractivity (Wildman–Crippen MR) is 87.2 cm³/mol. The molecular formula is C14H18BrN5O2. The van der Waals surface area contributed by atoms with Gasteiger partial charge in [0, 0.05) is 11.0 Å². The molecule has 1 N–H and O–H groups in total. The number of tetrazole rings is 1. The number of hydrogen-bond donors (Lipinski definition) is 1. The van der Waals surface area contributed by atoms with Crippen molar-refractivity contribution in [3.63, 3.8) is 0 Å². The summed E-state index contributed by atoms with van der Waals surface area (Å²) in [5.41, 5.74) is 1.01. The van der Waals surface area contributed by atoms with Gasteiger partial charge in [-0.1, -0.05) is 27.1 Å². The number of methoxy groups -OCH3 is 1. The third kappa shape index (κ3) is 3.76. The number of nitrogens with one attached hydrogen (secondary N) is 1. The molecule has 0 aliphatic carbocycles. The molecule has 0 bridgehead atoms. The molecule has 2 aromatic rings. The number of benzene rings is 1. The van der Waals surface area contributed by atoms with Gasteiger partial charge in [-0.2, -0.15) is 0 Å². The van der Waals surface area contributed by atoms with Crippen LogP contribution in [0.5, 0.6) is 11.5 Å². The average molecular weight is 368 g/mol. The Morgan fingerprint density at radius 1 is 1.41 bits per heavy atom. The molecule has 2 rings (SSSR count). The minimum atomic E-state index is 0.543. The summed E-state index contributed by atoms with van der Waals surface area (Å²) >= 11 is 3.54. The van der Waals surface area contributed by atoms with E-state index in [4.69, 9.17) is 9.47 Å². The molecule has 0 amide bonds. The molecule has 0 radical (unpaired) electrons. The molecular weight excluding hydrogens is 350 g/mol. The minimum Gasteiger partial charge on any atom is -0.493 e. The summed E-state index contributed by atoms with van der Waals surface area (Å²) < 4.78 is 13.5. The normalized spacial score (nSPS) is 10.3. The van der Waals surface area contributed by atoms with Crippen molar-refractivity contribution < 1.29 is 9.47 Å². The first-order valence-electron chi connectivity index (χ1n) is 6.79. The van der Waals surface area contributed by atoms with Crippen LogP contribution in [0.2, 0.25) is 0 Å². The Hall–Kier alpha value is -2.09. The second-order valence-electron chi connectivity index (χ2n) is 4.35. The van der Waals surface area contributed by atoms with Crippen molar-refractivity contribution in [3.05, 3.63) is 34.8 Å². The Kier molecular flexibility index (Phi) is 5.76. The molecule has 0 spiro atoms. The molecule has 0 aliphatic rings.